The lowest BCUT2D eigenvalue weighted by Crippen LogP contribution is -2.12. The number of hydrogen-bond acceptors (Lipinski definition) is 8. The van der Waals surface area contributed by atoms with Crippen LogP contribution in [-0.2, 0) is 4.79 Å². The Balaban J connectivity index is 1.16. The molecule has 3 aromatic heterocycles. The Hall–Kier alpha value is -4.37. The van der Waals surface area contributed by atoms with Gasteiger partial charge >= 0.3 is 0 Å². The van der Waals surface area contributed by atoms with Crippen LogP contribution in [0.25, 0.3) is 22.9 Å². The molecule has 0 spiro atoms. The molecule has 0 aliphatic rings. The quantitative estimate of drug-likeness (QED) is 0.243. The van der Waals surface area contributed by atoms with Crippen molar-refractivity contribution in [1.82, 2.24) is 15.2 Å². The molecule has 174 valence electrons. The molecule has 0 saturated carbocycles. The van der Waals surface area contributed by atoms with E-state index in [-0.39, 0.29) is 12.3 Å². The van der Waals surface area contributed by atoms with E-state index in [1.807, 2.05) is 42.5 Å². The number of nitrogens with one attached hydrogen (secondary N) is 1. The van der Waals surface area contributed by atoms with Crippen molar-refractivity contribution in [2.75, 3.05) is 11.1 Å². The molecule has 9 heteroatoms. The van der Waals surface area contributed by atoms with Crippen molar-refractivity contribution in [2.24, 2.45) is 0 Å². The Kier molecular flexibility index (Phi) is 6.86. The maximum atomic E-state index is 12.4. The molecule has 35 heavy (non-hydrogen) atoms. The van der Waals surface area contributed by atoms with Crippen LogP contribution >= 0.6 is 11.8 Å². The standard InChI is InChI=1S/C26H20N4O4S/c31-23(27-18-10-12-20(13-11-18)34-19-6-2-1-3-7-19)14-17-35-26-28-24(21-8-4-15-32-21)25(29-30-26)22-9-5-16-33-22/h1-13,15-16H,14,17H2,(H,27,31). The highest BCUT2D eigenvalue weighted by molar-refractivity contribution is 7.99. The van der Waals surface area contributed by atoms with E-state index in [4.69, 9.17) is 13.6 Å². The highest BCUT2D eigenvalue weighted by Gasteiger charge is 2.18. The normalized spacial score (nSPS) is 10.7. The Labute approximate surface area is 205 Å². The van der Waals surface area contributed by atoms with Crippen LogP contribution < -0.4 is 10.1 Å². The molecular formula is C26H20N4O4S. The van der Waals surface area contributed by atoms with Gasteiger partial charge in [0.25, 0.3) is 0 Å². The van der Waals surface area contributed by atoms with Gasteiger partial charge in [0.2, 0.25) is 11.1 Å². The van der Waals surface area contributed by atoms with E-state index in [1.54, 1.807) is 48.9 Å². The lowest BCUT2D eigenvalue weighted by atomic mass is 10.2. The summed E-state index contributed by atoms with van der Waals surface area (Å²) in [5.74, 6) is 2.93. The van der Waals surface area contributed by atoms with Crippen LogP contribution in [0.2, 0.25) is 0 Å². The summed E-state index contributed by atoms with van der Waals surface area (Å²) in [5.41, 5.74) is 1.72. The maximum Gasteiger partial charge on any atom is 0.225 e. The molecule has 0 bridgehead atoms. The average Bonchev–Trinajstić information content (AvgIpc) is 3.61. The molecule has 5 rings (SSSR count). The van der Waals surface area contributed by atoms with E-state index in [0.717, 1.165) is 5.75 Å². The minimum Gasteiger partial charge on any atom is -0.463 e. The number of ether oxygens (including phenoxy) is 1. The third-order valence-electron chi connectivity index (χ3n) is 4.85. The van der Waals surface area contributed by atoms with Crippen molar-refractivity contribution in [3.05, 3.63) is 91.4 Å². The van der Waals surface area contributed by atoms with Crippen LogP contribution in [0.3, 0.4) is 0 Å². The minimum atomic E-state index is -0.111. The topological polar surface area (TPSA) is 103 Å². The second-order valence-electron chi connectivity index (χ2n) is 7.33. The molecule has 3 heterocycles. The van der Waals surface area contributed by atoms with Crippen molar-refractivity contribution in [1.29, 1.82) is 0 Å². The Morgan fingerprint density at radius 1 is 0.800 bits per heavy atom. The van der Waals surface area contributed by atoms with Gasteiger partial charge in [-0.15, -0.1) is 10.2 Å². The summed E-state index contributed by atoms with van der Waals surface area (Å²) in [5, 5.41) is 11.8. The monoisotopic (exact) mass is 484 g/mol. The molecule has 5 aromatic rings. The highest BCUT2D eigenvalue weighted by atomic mass is 32.2. The van der Waals surface area contributed by atoms with Crippen molar-refractivity contribution in [3.63, 3.8) is 0 Å². The molecule has 2 aromatic carbocycles. The zero-order valence-electron chi connectivity index (χ0n) is 18.5. The van der Waals surface area contributed by atoms with Gasteiger partial charge in [0.15, 0.2) is 17.2 Å². The minimum absolute atomic E-state index is 0.111. The SMILES string of the molecule is O=C(CCSc1nnc(-c2ccco2)c(-c2ccco2)n1)Nc1ccc(Oc2ccccc2)cc1. The van der Waals surface area contributed by atoms with E-state index < -0.39 is 0 Å². The zero-order chi connectivity index (χ0) is 23.9. The average molecular weight is 485 g/mol. The van der Waals surface area contributed by atoms with Crippen molar-refractivity contribution >= 4 is 23.4 Å². The first kappa shape index (κ1) is 22.4. The van der Waals surface area contributed by atoms with E-state index >= 15 is 0 Å². The molecule has 1 N–H and O–H groups in total. The number of carbonyl (C=O) groups excluding carboxylic acids is 1. The molecule has 0 unspecified atom stereocenters. The van der Waals surface area contributed by atoms with Gasteiger partial charge in [-0.3, -0.25) is 4.79 Å². The van der Waals surface area contributed by atoms with E-state index in [2.05, 4.69) is 20.5 Å². The number of amides is 1. The predicted octanol–water partition coefficient (Wildman–Crippen LogP) is 6.30. The predicted molar refractivity (Wildman–Crippen MR) is 132 cm³/mol. The smallest absolute Gasteiger partial charge is 0.225 e. The zero-order valence-corrected chi connectivity index (χ0v) is 19.3. The number of furan rings is 2. The second-order valence-corrected chi connectivity index (χ2v) is 8.39. The molecule has 1 amide bonds. The second kappa shape index (κ2) is 10.7. The number of hydrogen-bond donors (Lipinski definition) is 1. The van der Waals surface area contributed by atoms with Gasteiger partial charge in [-0.1, -0.05) is 30.0 Å². The van der Waals surface area contributed by atoms with Crippen LogP contribution in [0, 0.1) is 0 Å². The van der Waals surface area contributed by atoms with Crippen LogP contribution in [0.15, 0.2) is 105 Å². The van der Waals surface area contributed by atoms with Gasteiger partial charge in [-0.2, -0.15) is 0 Å². The van der Waals surface area contributed by atoms with Gasteiger partial charge in [0, 0.05) is 17.9 Å². The van der Waals surface area contributed by atoms with Crippen molar-refractivity contribution < 1.29 is 18.4 Å². The Morgan fingerprint density at radius 3 is 2.17 bits per heavy atom. The van der Waals surface area contributed by atoms with Crippen LogP contribution in [-0.4, -0.2) is 26.8 Å². The van der Waals surface area contributed by atoms with Gasteiger partial charge in [-0.25, -0.2) is 4.98 Å². The largest absolute Gasteiger partial charge is 0.463 e. The molecule has 0 saturated heterocycles. The molecule has 0 aliphatic heterocycles. The van der Waals surface area contributed by atoms with Crippen LogP contribution in [0.4, 0.5) is 5.69 Å². The number of thioether (sulfide) groups is 1. The summed E-state index contributed by atoms with van der Waals surface area (Å²) in [6.45, 7) is 0. The third-order valence-corrected chi connectivity index (χ3v) is 5.69. The summed E-state index contributed by atoms with van der Waals surface area (Å²) in [4.78, 5) is 17.0. The molecule has 8 nitrogen and oxygen atoms in total. The molecule has 0 fully saturated rings. The lowest BCUT2D eigenvalue weighted by Gasteiger charge is -2.08. The summed E-state index contributed by atoms with van der Waals surface area (Å²) in [6.07, 6.45) is 3.42. The van der Waals surface area contributed by atoms with Gasteiger partial charge < -0.3 is 18.9 Å². The lowest BCUT2D eigenvalue weighted by molar-refractivity contribution is -0.115. The van der Waals surface area contributed by atoms with Crippen molar-refractivity contribution in [3.8, 4) is 34.4 Å². The van der Waals surface area contributed by atoms with Crippen LogP contribution in [0.1, 0.15) is 6.42 Å². The molecular weight excluding hydrogens is 464 g/mol. The van der Waals surface area contributed by atoms with Crippen LogP contribution in [0.5, 0.6) is 11.5 Å². The van der Waals surface area contributed by atoms with E-state index in [1.165, 1.54) is 11.8 Å². The number of benzene rings is 2. The first-order valence-corrected chi connectivity index (χ1v) is 11.8. The number of nitrogens with zero attached hydrogens (tertiary/aromatic N) is 3. The molecule has 0 aliphatic carbocycles. The first-order valence-electron chi connectivity index (χ1n) is 10.8. The molecule has 0 radical (unpaired) electrons. The summed E-state index contributed by atoms with van der Waals surface area (Å²) in [7, 11) is 0. The number of anilines is 1. The Morgan fingerprint density at radius 2 is 1.49 bits per heavy atom. The number of para-hydroxylation sites is 1. The first-order chi connectivity index (χ1) is 17.2. The highest BCUT2D eigenvalue weighted by Crippen LogP contribution is 2.30. The summed E-state index contributed by atoms with van der Waals surface area (Å²) in [6, 6.07) is 23.9. The third kappa shape index (κ3) is 5.77. The maximum absolute atomic E-state index is 12.4. The molecule has 0 atom stereocenters. The summed E-state index contributed by atoms with van der Waals surface area (Å²) >= 11 is 1.34. The summed E-state index contributed by atoms with van der Waals surface area (Å²) < 4.78 is 16.7. The van der Waals surface area contributed by atoms with E-state index in [0.29, 0.717) is 45.3 Å². The fourth-order valence-electron chi connectivity index (χ4n) is 3.23. The number of carbonyl (C=O) groups is 1. The fraction of sp³-hybridized carbons (Fsp3) is 0.0769. The van der Waals surface area contributed by atoms with E-state index in [9.17, 15) is 4.79 Å². The van der Waals surface area contributed by atoms with Gasteiger partial charge in [0.05, 0.1) is 12.5 Å². The van der Waals surface area contributed by atoms with Crippen molar-refractivity contribution in [2.45, 2.75) is 11.6 Å². The van der Waals surface area contributed by atoms with Gasteiger partial charge in [0.1, 0.15) is 17.2 Å². The number of rotatable bonds is 9. The Bertz CT molecular complexity index is 1370. The number of aromatic nitrogens is 3. The van der Waals surface area contributed by atoms with Gasteiger partial charge in [-0.05, 0) is 60.7 Å². The fourth-order valence-corrected chi connectivity index (χ4v) is 3.95.